The third-order valence-corrected chi connectivity index (χ3v) is 7.96. The topological polar surface area (TPSA) is 118 Å². The minimum absolute atomic E-state index is 0.108. The molecule has 0 radical (unpaired) electrons. The van der Waals surface area contributed by atoms with Crippen LogP contribution >= 0.6 is 0 Å². The Morgan fingerprint density at radius 1 is 1.00 bits per heavy atom. The van der Waals surface area contributed by atoms with Crippen molar-refractivity contribution < 1.29 is 18.0 Å². The maximum absolute atomic E-state index is 12.9. The van der Waals surface area contributed by atoms with E-state index in [9.17, 15) is 13.5 Å². The second-order valence-electron chi connectivity index (χ2n) is 7.92. The third kappa shape index (κ3) is 4.24. The van der Waals surface area contributed by atoms with E-state index >= 15 is 0 Å². The minimum atomic E-state index is -3.38. The predicted molar refractivity (Wildman–Crippen MR) is 123 cm³/mol. The first-order valence-electron chi connectivity index (χ1n) is 10.6. The van der Waals surface area contributed by atoms with Crippen LogP contribution in [0, 0.1) is 0 Å². The molecule has 1 aliphatic heterocycles. The maximum Gasteiger partial charge on any atom is 0.187 e. The van der Waals surface area contributed by atoms with Crippen LogP contribution in [0.1, 0.15) is 12.8 Å². The Kier molecular flexibility index (Phi) is 5.65. The molecular weight excluding hydrogens is 440 g/mol. The second-order valence-corrected chi connectivity index (χ2v) is 10.1. The van der Waals surface area contributed by atoms with Crippen LogP contribution < -0.4 is 5.32 Å². The summed E-state index contributed by atoms with van der Waals surface area (Å²) in [6.07, 6.45) is 4.70. The van der Waals surface area contributed by atoms with Crippen molar-refractivity contribution in [1.82, 2.24) is 20.4 Å². The molecule has 9 heteroatoms. The van der Waals surface area contributed by atoms with Gasteiger partial charge in [-0.2, -0.15) is 0 Å². The number of piperidine rings is 1. The number of hydrogen-bond donors (Lipinski definition) is 2. The van der Waals surface area contributed by atoms with Crippen molar-refractivity contribution in [1.29, 1.82) is 0 Å². The molecule has 8 nitrogen and oxygen atoms in total. The van der Waals surface area contributed by atoms with Crippen molar-refractivity contribution >= 4 is 9.84 Å². The molecule has 0 spiro atoms. The molecular formula is C24H22N4O4S. The van der Waals surface area contributed by atoms with Crippen LogP contribution in [0.2, 0.25) is 0 Å². The lowest BCUT2D eigenvalue weighted by molar-refractivity contribution is 0.432. The van der Waals surface area contributed by atoms with E-state index in [1.165, 1.54) is 0 Å². The van der Waals surface area contributed by atoms with E-state index in [1.807, 2.05) is 0 Å². The highest BCUT2D eigenvalue weighted by Gasteiger charge is 2.28. The van der Waals surface area contributed by atoms with Gasteiger partial charge in [-0.25, -0.2) is 13.4 Å². The Bertz CT molecular complexity index is 1380. The van der Waals surface area contributed by atoms with Crippen LogP contribution in [0.25, 0.3) is 34.0 Å². The minimum Gasteiger partial charge on any atom is -0.507 e. The summed E-state index contributed by atoms with van der Waals surface area (Å²) in [6.45, 7) is 1.34. The monoisotopic (exact) mass is 462 g/mol. The Labute approximate surface area is 191 Å². The SMILES string of the molecule is O=S(=O)(c1ccc(-c2cncc(-c3cc(-c4ccccc4O)no3)n2)cc1)C1CCCNC1. The fourth-order valence-electron chi connectivity index (χ4n) is 3.93. The van der Waals surface area contributed by atoms with Gasteiger partial charge in [0.2, 0.25) is 0 Å². The molecule has 33 heavy (non-hydrogen) atoms. The van der Waals surface area contributed by atoms with Gasteiger partial charge in [0.15, 0.2) is 15.6 Å². The summed E-state index contributed by atoms with van der Waals surface area (Å²) in [7, 11) is -3.38. The molecule has 1 atom stereocenters. The van der Waals surface area contributed by atoms with Gasteiger partial charge in [-0.3, -0.25) is 4.98 Å². The number of phenols is 1. The quantitative estimate of drug-likeness (QED) is 0.461. The summed E-state index contributed by atoms with van der Waals surface area (Å²) in [5.41, 5.74) is 2.84. The number of phenolic OH excluding ortho intramolecular Hbond substituents is 1. The van der Waals surface area contributed by atoms with E-state index in [1.54, 1.807) is 67.0 Å². The molecule has 0 aliphatic carbocycles. The highest BCUT2D eigenvalue weighted by Crippen LogP contribution is 2.31. The summed E-state index contributed by atoms with van der Waals surface area (Å²) in [6, 6.07) is 15.3. The summed E-state index contributed by atoms with van der Waals surface area (Å²) >= 11 is 0. The van der Waals surface area contributed by atoms with Crippen LogP contribution in [0.4, 0.5) is 0 Å². The predicted octanol–water partition coefficient (Wildman–Crippen LogP) is 3.70. The maximum atomic E-state index is 12.9. The van der Waals surface area contributed by atoms with E-state index in [4.69, 9.17) is 4.52 Å². The standard InChI is InChI=1S/C24H22N4O4S/c29-23-6-2-1-5-19(23)20-12-24(32-28-20)22-15-26-14-21(27-22)16-7-9-17(10-8-16)33(30,31)18-4-3-11-25-13-18/h1-2,5-10,12,14-15,18,25,29H,3-4,11,13H2. The average molecular weight is 463 g/mol. The number of hydrogen-bond acceptors (Lipinski definition) is 8. The lowest BCUT2D eigenvalue weighted by Gasteiger charge is -2.22. The first kappa shape index (κ1) is 21.3. The summed E-state index contributed by atoms with van der Waals surface area (Å²) < 4.78 is 31.3. The number of aromatic hydroxyl groups is 1. The van der Waals surface area contributed by atoms with Crippen LogP contribution in [0.15, 0.2) is 76.4 Å². The molecule has 5 rings (SSSR count). The van der Waals surface area contributed by atoms with Gasteiger partial charge < -0.3 is 14.9 Å². The number of rotatable bonds is 5. The van der Waals surface area contributed by atoms with Crippen LogP contribution in [0.3, 0.4) is 0 Å². The molecule has 0 bridgehead atoms. The number of nitrogens with one attached hydrogen (secondary N) is 1. The zero-order valence-electron chi connectivity index (χ0n) is 17.7. The lowest BCUT2D eigenvalue weighted by Crippen LogP contribution is -2.38. The van der Waals surface area contributed by atoms with E-state index in [-0.39, 0.29) is 5.75 Å². The molecule has 1 saturated heterocycles. The van der Waals surface area contributed by atoms with Crippen molar-refractivity contribution in [2.24, 2.45) is 0 Å². The van der Waals surface area contributed by atoms with E-state index in [2.05, 4.69) is 20.4 Å². The van der Waals surface area contributed by atoms with Crippen molar-refractivity contribution in [3.8, 4) is 39.7 Å². The fraction of sp³-hybridized carbons (Fsp3) is 0.208. The zero-order chi connectivity index (χ0) is 22.8. The van der Waals surface area contributed by atoms with Gasteiger partial charge in [0.25, 0.3) is 0 Å². The first-order valence-corrected chi connectivity index (χ1v) is 12.2. The molecule has 0 amide bonds. The van der Waals surface area contributed by atoms with Crippen molar-refractivity contribution in [3.63, 3.8) is 0 Å². The molecule has 0 saturated carbocycles. The lowest BCUT2D eigenvalue weighted by atomic mass is 10.1. The molecule has 168 valence electrons. The number of aromatic nitrogens is 3. The molecule has 1 fully saturated rings. The van der Waals surface area contributed by atoms with Gasteiger partial charge >= 0.3 is 0 Å². The number of benzene rings is 2. The largest absolute Gasteiger partial charge is 0.507 e. The van der Waals surface area contributed by atoms with Gasteiger partial charge in [-0.1, -0.05) is 29.4 Å². The van der Waals surface area contributed by atoms with Crippen molar-refractivity contribution in [2.45, 2.75) is 23.0 Å². The third-order valence-electron chi connectivity index (χ3n) is 5.75. The summed E-state index contributed by atoms with van der Waals surface area (Å²) in [4.78, 5) is 9.17. The Morgan fingerprint density at radius 3 is 2.55 bits per heavy atom. The number of nitrogens with zero attached hydrogens (tertiary/aromatic N) is 3. The van der Waals surface area contributed by atoms with Gasteiger partial charge in [-0.05, 0) is 43.7 Å². The smallest absolute Gasteiger partial charge is 0.187 e. The molecule has 2 aromatic carbocycles. The highest BCUT2D eigenvalue weighted by molar-refractivity contribution is 7.92. The average Bonchev–Trinajstić information content (AvgIpc) is 3.35. The summed E-state index contributed by atoms with van der Waals surface area (Å²) in [5.74, 6) is 0.517. The van der Waals surface area contributed by atoms with E-state index < -0.39 is 15.1 Å². The van der Waals surface area contributed by atoms with E-state index in [0.29, 0.717) is 46.3 Å². The molecule has 1 unspecified atom stereocenters. The molecule has 2 N–H and O–H groups in total. The number of para-hydroxylation sites is 1. The van der Waals surface area contributed by atoms with Gasteiger partial charge in [0.1, 0.15) is 17.1 Å². The number of sulfone groups is 1. The highest BCUT2D eigenvalue weighted by atomic mass is 32.2. The van der Waals surface area contributed by atoms with Crippen LogP contribution in [-0.4, -0.2) is 47.0 Å². The first-order chi connectivity index (χ1) is 16.0. The fourth-order valence-corrected chi connectivity index (χ4v) is 5.64. The Balaban J connectivity index is 1.40. The molecule has 3 heterocycles. The van der Waals surface area contributed by atoms with Gasteiger partial charge in [0.05, 0.1) is 28.2 Å². The summed E-state index contributed by atoms with van der Waals surface area (Å²) in [5, 5.41) is 16.8. The van der Waals surface area contributed by atoms with Crippen LogP contribution in [-0.2, 0) is 9.84 Å². The molecule has 1 aliphatic rings. The van der Waals surface area contributed by atoms with Crippen LogP contribution in [0.5, 0.6) is 5.75 Å². The van der Waals surface area contributed by atoms with Crippen molar-refractivity contribution in [3.05, 3.63) is 67.0 Å². The Hall–Kier alpha value is -3.56. The Morgan fingerprint density at radius 2 is 1.79 bits per heavy atom. The normalized spacial score (nSPS) is 16.5. The molecule has 2 aromatic heterocycles. The van der Waals surface area contributed by atoms with Gasteiger partial charge in [0, 0.05) is 23.7 Å². The van der Waals surface area contributed by atoms with E-state index in [0.717, 1.165) is 18.5 Å². The van der Waals surface area contributed by atoms with Crippen molar-refractivity contribution in [2.75, 3.05) is 13.1 Å². The van der Waals surface area contributed by atoms with Gasteiger partial charge in [-0.15, -0.1) is 0 Å². The second kappa shape index (κ2) is 8.76. The molecule has 4 aromatic rings. The zero-order valence-corrected chi connectivity index (χ0v) is 18.5.